The van der Waals surface area contributed by atoms with Crippen LogP contribution in [0.1, 0.15) is 18.1 Å². The predicted molar refractivity (Wildman–Crippen MR) is 76.2 cm³/mol. The van der Waals surface area contributed by atoms with Crippen LogP contribution in [0.4, 0.5) is 10.8 Å². The molecule has 1 heterocycles. The van der Waals surface area contributed by atoms with Crippen LogP contribution in [-0.2, 0) is 6.54 Å². The number of aromatic nitrogens is 1. The van der Waals surface area contributed by atoms with Crippen LogP contribution >= 0.6 is 11.5 Å². The van der Waals surface area contributed by atoms with Crippen LogP contribution in [0, 0.1) is 6.92 Å². The molecule has 0 saturated heterocycles. The van der Waals surface area contributed by atoms with Crippen molar-refractivity contribution < 1.29 is 4.74 Å². The Morgan fingerprint density at radius 2 is 2.17 bits per heavy atom. The number of nitrogens with two attached hydrogens (primary N) is 1. The highest BCUT2D eigenvalue weighted by Gasteiger charge is 2.12. The molecule has 1 aromatic carbocycles. The third-order valence-corrected chi connectivity index (χ3v) is 3.46. The van der Waals surface area contributed by atoms with Gasteiger partial charge in [-0.05, 0) is 36.5 Å². The van der Waals surface area contributed by atoms with Crippen LogP contribution in [-0.4, -0.2) is 11.0 Å². The molecule has 2 rings (SSSR count). The zero-order valence-corrected chi connectivity index (χ0v) is 11.4. The van der Waals surface area contributed by atoms with Crippen molar-refractivity contribution in [2.24, 2.45) is 0 Å². The van der Waals surface area contributed by atoms with Gasteiger partial charge in [0.25, 0.3) is 0 Å². The number of benzene rings is 1. The number of nitrogens with one attached hydrogen (secondary N) is 1. The van der Waals surface area contributed by atoms with Gasteiger partial charge in [0.2, 0.25) is 0 Å². The van der Waals surface area contributed by atoms with Crippen molar-refractivity contribution in [2.45, 2.75) is 20.4 Å². The molecule has 18 heavy (non-hydrogen) atoms. The number of nitrogen functional groups attached to an aromatic ring is 1. The Kier molecular flexibility index (Phi) is 4.04. The molecule has 96 valence electrons. The Hall–Kier alpha value is -1.75. The van der Waals surface area contributed by atoms with E-state index < -0.39 is 0 Å². The number of hydrogen-bond donors (Lipinski definition) is 2. The quantitative estimate of drug-likeness (QED) is 0.870. The molecular formula is C13H17N3OS. The molecule has 0 spiro atoms. The molecule has 1 aromatic heterocycles. The van der Waals surface area contributed by atoms with E-state index in [0.29, 0.717) is 18.2 Å². The zero-order valence-electron chi connectivity index (χ0n) is 10.6. The minimum absolute atomic E-state index is 0.453. The largest absolute Gasteiger partial charge is 0.487 e. The molecule has 0 aliphatic rings. The molecular weight excluding hydrogens is 246 g/mol. The summed E-state index contributed by atoms with van der Waals surface area (Å²) in [6.07, 6.45) is 0. The van der Waals surface area contributed by atoms with E-state index in [-0.39, 0.29) is 0 Å². The molecule has 2 aromatic rings. The molecule has 0 unspecified atom stereocenters. The maximum Gasteiger partial charge on any atom is 0.197 e. The van der Waals surface area contributed by atoms with Crippen molar-refractivity contribution >= 4 is 22.4 Å². The van der Waals surface area contributed by atoms with Crippen LogP contribution in [0.15, 0.2) is 24.3 Å². The fraction of sp³-hybridized carbons (Fsp3) is 0.308. The second-order valence-corrected chi connectivity index (χ2v) is 4.71. The first-order valence-electron chi connectivity index (χ1n) is 5.88. The summed E-state index contributed by atoms with van der Waals surface area (Å²) < 4.78 is 9.59. The van der Waals surface area contributed by atoms with Gasteiger partial charge in [-0.1, -0.05) is 24.3 Å². The summed E-state index contributed by atoms with van der Waals surface area (Å²) in [7, 11) is 0. The lowest BCUT2D eigenvalue weighted by Gasteiger charge is -2.09. The summed E-state index contributed by atoms with van der Waals surface area (Å²) in [5.74, 6) is 1.12. The number of rotatable bonds is 5. The predicted octanol–water partition coefficient (Wildman–Crippen LogP) is 3.04. The fourth-order valence-electron chi connectivity index (χ4n) is 1.67. The Balaban J connectivity index is 2.09. The van der Waals surface area contributed by atoms with Gasteiger partial charge in [-0.3, -0.25) is 0 Å². The molecule has 5 heteroatoms. The van der Waals surface area contributed by atoms with Gasteiger partial charge in [0, 0.05) is 6.54 Å². The van der Waals surface area contributed by atoms with Crippen molar-refractivity contribution in [1.29, 1.82) is 0 Å². The van der Waals surface area contributed by atoms with Crippen molar-refractivity contribution in [3.63, 3.8) is 0 Å². The van der Waals surface area contributed by atoms with Crippen molar-refractivity contribution in [3.8, 4) is 5.75 Å². The lowest BCUT2D eigenvalue weighted by atomic mass is 10.1. The highest BCUT2D eigenvalue weighted by Crippen LogP contribution is 2.35. The van der Waals surface area contributed by atoms with Gasteiger partial charge in [-0.2, -0.15) is 4.37 Å². The summed E-state index contributed by atoms with van der Waals surface area (Å²) in [6.45, 7) is 5.36. The van der Waals surface area contributed by atoms with E-state index in [1.807, 2.05) is 19.1 Å². The van der Waals surface area contributed by atoms with Gasteiger partial charge in [0.15, 0.2) is 16.6 Å². The summed E-state index contributed by atoms with van der Waals surface area (Å²) in [4.78, 5) is 0. The van der Waals surface area contributed by atoms with Crippen molar-refractivity contribution in [3.05, 3.63) is 35.4 Å². The highest BCUT2D eigenvalue weighted by molar-refractivity contribution is 7.11. The molecule has 0 bridgehead atoms. The standard InChI is InChI=1S/C13H17N3OS/c1-3-17-11-12(14)16-18-13(11)15-8-10-7-5-4-6-9(10)2/h4-7,15H,3,8H2,1-2H3,(H2,14,16). The monoisotopic (exact) mass is 263 g/mol. The van der Waals surface area contributed by atoms with E-state index in [2.05, 4.69) is 28.7 Å². The van der Waals surface area contributed by atoms with Crippen LogP contribution in [0.5, 0.6) is 5.75 Å². The molecule has 0 aliphatic carbocycles. The second kappa shape index (κ2) is 5.73. The fourth-order valence-corrected chi connectivity index (χ4v) is 2.33. The molecule has 0 radical (unpaired) electrons. The maximum atomic E-state index is 5.76. The van der Waals surface area contributed by atoms with E-state index in [4.69, 9.17) is 10.5 Å². The SMILES string of the molecule is CCOc1c(N)nsc1NCc1ccccc1C. The molecule has 0 amide bonds. The van der Waals surface area contributed by atoms with Gasteiger partial charge >= 0.3 is 0 Å². The van der Waals surface area contributed by atoms with Crippen molar-refractivity contribution in [2.75, 3.05) is 17.7 Å². The van der Waals surface area contributed by atoms with E-state index in [1.54, 1.807) is 0 Å². The molecule has 4 nitrogen and oxygen atoms in total. The van der Waals surface area contributed by atoms with Crippen molar-refractivity contribution in [1.82, 2.24) is 4.37 Å². The Bertz CT molecular complexity index is 525. The molecule has 0 aliphatic heterocycles. The number of ether oxygens (including phenoxy) is 1. The van der Waals surface area contributed by atoms with Gasteiger partial charge in [0.1, 0.15) is 0 Å². The minimum atomic E-state index is 0.453. The Morgan fingerprint density at radius 3 is 2.89 bits per heavy atom. The first-order chi connectivity index (χ1) is 8.72. The normalized spacial score (nSPS) is 10.3. The average Bonchev–Trinajstić information content (AvgIpc) is 2.71. The summed E-state index contributed by atoms with van der Waals surface area (Å²) in [5, 5.41) is 4.21. The zero-order chi connectivity index (χ0) is 13.0. The molecule has 3 N–H and O–H groups in total. The lowest BCUT2D eigenvalue weighted by Crippen LogP contribution is -2.02. The van der Waals surface area contributed by atoms with Gasteiger partial charge in [-0.25, -0.2) is 0 Å². The maximum absolute atomic E-state index is 5.76. The van der Waals surface area contributed by atoms with Gasteiger partial charge in [-0.15, -0.1) is 0 Å². The first kappa shape index (κ1) is 12.7. The average molecular weight is 263 g/mol. The van der Waals surface area contributed by atoms with E-state index in [1.165, 1.54) is 22.7 Å². The number of hydrogen-bond acceptors (Lipinski definition) is 5. The third kappa shape index (κ3) is 2.73. The molecule has 0 fully saturated rings. The van der Waals surface area contributed by atoms with Crippen LogP contribution in [0.3, 0.4) is 0 Å². The van der Waals surface area contributed by atoms with E-state index in [9.17, 15) is 0 Å². The second-order valence-electron chi connectivity index (χ2n) is 3.94. The van der Waals surface area contributed by atoms with Crippen LogP contribution in [0.2, 0.25) is 0 Å². The minimum Gasteiger partial charge on any atom is -0.487 e. The topological polar surface area (TPSA) is 60.2 Å². The number of nitrogens with zero attached hydrogens (tertiary/aromatic N) is 1. The number of aryl methyl sites for hydroxylation is 1. The Labute approximate surface area is 111 Å². The first-order valence-corrected chi connectivity index (χ1v) is 6.66. The lowest BCUT2D eigenvalue weighted by molar-refractivity contribution is 0.344. The highest BCUT2D eigenvalue weighted by atomic mass is 32.1. The Morgan fingerprint density at radius 1 is 1.39 bits per heavy atom. The number of anilines is 2. The van der Waals surface area contributed by atoms with E-state index >= 15 is 0 Å². The van der Waals surface area contributed by atoms with Gasteiger partial charge in [0.05, 0.1) is 6.61 Å². The summed E-state index contributed by atoms with van der Waals surface area (Å²) >= 11 is 1.33. The third-order valence-electron chi connectivity index (χ3n) is 2.66. The summed E-state index contributed by atoms with van der Waals surface area (Å²) in [6, 6.07) is 8.28. The summed E-state index contributed by atoms with van der Waals surface area (Å²) in [5.41, 5.74) is 8.28. The van der Waals surface area contributed by atoms with E-state index in [0.717, 1.165) is 11.5 Å². The smallest absolute Gasteiger partial charge is 0.197 e. The molecule has 0 atom stereocenters. The molecule has 0 saturated carbocycles. The van der Waals surface area contributed by atoms with Crippen LogP contribution < -0.4 is 15.8 Å². The van der Waals surface area contributed by atoms with Crippen LogP contribution in [0.25, 0.3) is 0 Å². The van der Waals surface area contributed by atoms with Gasteiger partial charge < -0.3 is 15.8 Å².